The number of amides is 2. The van der Waals surface area contributed by atoms with E-state index in [0.29, 0.717) is 41.4 Å². The summed E-state index contributed by atoms with van der Waals surface area (Å²) < 4.78 is 44.8. The van der Waals surface area contributed by atoms with Crippen LogP contribution in [0.2, 0.25) is 5.02 Å². The maximum absolute atomic E-state index is 13.7. The number of piperidine rings is 2. The number of nitrogens with zero attached hydrogens (tertiary/aromatic N) is 4. The van der Waals surface area contributed by atoms with Gasteiger partial charge in [-0.05, 0) is 74.7 Å². The summed E-state index contributed by atoms with van der Waals surface area (Å²) >= 11 is 6.26. The number of hydrogen-bond donors (Lipinski definition) is 0. The zero-order valence-electron chi connectivity index (χ0n) is 27.7. The molecule has 7 nitrogen and oxygen atoms in total. The summed E-state index contributed by atoms with van der Waals surface area (Å²) in [5, 5.41) is 0.352. The quantitative estimate of drug-likeness (QED) is 0.251. The molecular weight excluding hydrogens is 641 g/mol. The van der Waals surface area contributed by atoms with Crippen LogP contribution in [0.3, 0.4) is 0 Å². The summed E-state index contributed by atoms with van der Waals surface area (Å²) in [6.07, 6.45) is -2.11. The Labute approximate surface area is 285 Å². The number of carbonyl (C=O) groups is 2. The molecule has 0 N–H and O–H groups in total. The molecule has 2 aromatic rings. The second-order valence-corrected chi connectivity index (χ2v) is 15.1. The SMILES string of the molecule is [C-]#[N+]c1ccc(OC2C(C)(C)C(N3Cc4cc(C#CC5CCN(C6CCN(C(=O)C(F)(F)F)CC6)CC5)ccc4C3=O)C2(C)C)cc1Cl. The lowest BCUT2D eigenvalue weighted by atomic mass is 9.49. The zero-order valence-corrected chi connectivity index (χ0v) is 28.4. The van der Waals surface area contributed by atoms with Crippen LogP contribution in [0.15, 0.2) is 36.4 Å². The third kappa shape index (κ3) is 6.26. The number of hydrogen-bond acceptors (Lipinski definition) is 4. The van der Waals surface area contributed by atoms with Crippen LogP contribution in [-0.2, 0) is 11.3 Å². The van der Waals surface area contributed by atoms with Crippen molar-refractivity contribution in [3.05, 3.63) is 69.5 Å². The van der Waals surface area contributed by atoms with Crippen molar-refractivity contribution < 1.29 is 27.5 Å². The first-order chi connectivity index (χ1) is 22.6. The van der Waals surface area contributed by atoms with Gasteiger partial charge in [-0.2, -0.15) is 13.2 Å². The highest BCUT2D eigenvalue weighted by Crippen LogP contribution is 2.59. The molecule has 6 rings (SSSR count). The Hall–Kier alpha value is -3.73. The normalized spacial score (nSPS) is 24.3. The highest BCUT2D eigenvalue weighted by molar-refractivity contribution is 6.33. The van der Waals surface area contributed by atoms with Crippen LogP contribution >= 0.6 is 11.6 Å². The molecule has 2 saturated heterocycles. The van der Waals surface area contributed by atoms with Gasteiger partial charge in [0, 0.05) is 59.6 Å². The van der Waals surface area contributed by atoms with Crippen molar-refractivity contribution in [2.75, 3.05) is 26.2 Å². The fraction of sp³-hybridized carbons (Fsp3) is 0.541. The molecule has 48 heavy (non-hydrogen) atoms. The summed E-state index contributed by atoms with van der Waals surface area (Å²) in [5.41, 5.74) is 2.23. The van der Waals surface area contributed by atoms with Crippen molar-refractivity contribution in [2.45, 2.75) is 84.3 Å². The van der Waals surface area contributed by atoms with E-state index in [1.54, 1.807) is 18.2 Å². The molecule has 254 valence electrons. The zero-order chi connectivity index (χ0) is 34.6. The van der Waals surface area contributed by atoms with Crippen molar-refractivity contribution in [1.82, 2.24) is 14.7 Å². The van der Waals surface area contributed by atoms with E-state index >= 15 is 0 Å². The predicted octanol–water partition coefficient (Wildman–Crippen LogP) is 7.35. The molecule has 2 amide bonds. The van der Waals surface area contributed by atoms with Crippen LogP contribution in [0.5, 0.6) is 5.75 Å². The van der Waals surface area contributed by atoms with E-state index in [4.69, 9.17) is 22.9 Å². The third-order valence-corrected chi connectivity index (χ3v) is 11.1. The first kappa shape index (κ1) is 34.1. The fourth-order valence-corrected chi connectivity index (χ4v) is 9.05. The molecule has 3 fully saturated rings. The van der Waals surface area contributed by atoms with Crippen molar-refractivity contribution in [3.8, 4) is 17.6 Å². The van der Waals surface area contributed by atoms with Gasteiger partial charge in [0.2, 0.25) is 5.69 Å². The van der Waals surface area contributed by atoms with Gasteiger partial charge in [-0.25, -0.2) is 4.85 Å². The highest BCUT2D eigenvalue weighted by atomic mass is 35.5. The Kier molecular flexibility index (Phi) is 8.98. The summed E-state index contributed by atoms with van der Waals surface area (Å²) in [5.74, 6) is 5.87. The molecule has 3 aliphatic heterocycles. The van der Waals surface area contributed by atoms with E-state index in [9.17, 15) is 22.8 Å². The number of halogens is 4. The molecule has 4 aliphatic rings. The second kappa shape index (κ2) is 12.6. The molecule has 1 saturated carbocycles. The molecule has 0 spiro atoms. The van der Waals surface area contributed by atoms with Gasteiger partial charge in [0.15, 0.2) is 0 Å². The van der Waals surface area contributed by atoms with Crippen molar-refractivity contribution in [2.24, 2.45) is 16.7 Å². The van der Waals surface area contributed by atoms with Gasteiger partial charge in [-0.15, -0.1) is 0 Å². The van der Waals surface area contributed by atoms with E-state index in [1.165, 1.54) is 0 Å². The van der Waals surface area contributed by atoms with Gasteiger partial charge in [0.05, 0.1) is 11.6 Å². The van der Waals surface area contributed by atoms with E-state index in [2.05, 4.69) is 49.3 Å². The number of fused-ring (bicyclic) bond motifs is 1. The average Bonchev–Trinajstić information content (AvgIpc) is 3.35. The molecular formula is C37H40ClF3N4O3. The standard InChI is InChI=1S/C37H40ClF3N4O3/c1-35(2)32(36(3,4)33(35)48-27-9-11-30(42-5)29(38)21-27)45-22-25-20-24(8-10-28(25)31(45)46)7-6-23-12-16-43(17-13-23)26-14-18-44(19-15-26)34(47)37(39,40)41/h8-11,20-21,23,26,32-33H,12-19,22H2,1-4H3. The lowest BCUT2D eigenvalue weighted by Gasteiger charge is -2.65. The maximum atomic E-state index is 13.7. The van der Waals surface area contributed by atoms with Gasteiger partial charge in [-0.3, -0.25) is 9.59 Å². The van der Waals surface area contributed by atoms with Crippen molar-refractivity contribution in [3.63, 3.8) is 0 Å². The Morgan fingerprint density at radius 1 is 1.00 bits per heavy atom. The lowest BCUT2D eigenvalue weighted by molar-refractivity contribution is -0.199. The van der Waals surface area contributed by atoms with Crippen LogP contribution in [0, 0.1) is 35.2 Å². The number of alkyl halides is 3. The van der Waals surface area contributed by atoms with E-state index < -0.39 is 12.1 Å². The molecule has 11 heteroatoms. The third-order valence-electron chi connectivity index (χ3n) is 10.8. The molecule has 0 bridgehead atoms. The van der Waals surface area contributed by atoms with Gasteiger partial charge in [0.25, 0.3) is 5.91 Å². The van der Waals surface area contributed by atoms with Crippen molar-refractivity contribution in [1.29, 1.82) is 0 Å². The van der Waals surface area contributed by atoms with Crippen LogP contribution in [0.25, 0.3) is 4.85 Å². The molecule has 0 unspecified atom stereocenters. The monoisotopic (exact) mass is 680 g/mol. The predicted molar refractivity (Wildman–Crippen MR) is 177 cm³/mol. The molecule has 3 heterocycles. The Morgan fingerprint density at radius 2 is 1.67 bits per heavy atom. The molecule has 0 radical (unpaired) electrons. The Morgan fingerprint density at radius 3 is 2.27 bits per heavy atom. The van der Waals surface area contributed by atoms with E-state index in [0.717, 1.165) is 42.0 Å². The van der Waals surface area contributed by atoms with Crippen molar-refractivity contribution >= 4 is 29.1 Å². The number of rotatable bonds is 4. The van der Waals surface area contributed by atoms with Crippen LogP contribution < -0.4 is 4.74 Å². The molecule has 2 aromatic carbocycles. The van der Waals surface area contributed by atoms with Crippen LogP contribution in [0.4, 0.5) is 18.9 Å². The number of carbonyl (C=O) groups excluding carboxylic acids is 2. The van der Waals surface area contributed by atoms with Gasteiger partial charge in [-0.1, -0.05) is 57.2 Å². The fourth-order valence-electron chi connectivity index (χ4n) is 8.84. The summed E-state index contributed by atoms with van der Waals surface area (Å²) in [6.45, 7) is 18.2. The Balaban J connectivity index is 1.05. The minimum Gasteiger partial charge on any atom is -0.489 e. The van der Waals surface area contributed by atoms with E-state index in [-0.39, 0.29) is 53.9 Å². The summed E-state index contributed by atoms with van der Waals surface area (Å²) in [7, 11) is 0. The largest absolute Gasteiger partial charge is 0.489 e. The lowest BCUT2D eigenvalue weighted by Crippen LogP contribution is -2.74. The first-order valence-electron chi connectivity index (χ1n) is 16.5. The minimum absolute atomic E-state index is 0.0135. The minimum atomic E-state index is -4.81. The number of ether oxygens (including phenoxy) is 1. The average molecular weight is 681 g/mol. The summed E-state index contributed by atoms with van der Waals surface area (Å²) in [4.78, 5) is 33.9. The Bertz CT molecular complexity index is 1690. The van der Waals surface area contributed by atoms with Gasteiger partial charge in [0.1, 0.15) is 11.9 Å². The van der Waals surface area contributed by atoms with Crippen LogP contribution in [-0.4, -0.2) is 77.1 Å². The maximum Gasteiger partial charge on any atom is 0.471 e. The molecule has 0 atom stereocenters. The molecule has 0 aromatic heterocycles. The number of likely N-dealkylation sites (tertiary alicyclic amines) is 2. The second-order valence-electron chi connectivity index (χ2n) is 14.7. The van der Waals surface area contributed by atoms with E-state index in [1.807, 2.05) is 23.1 Å². The van der Waals surface area contributed by atoms with Gasteiger partial charge >= 0.3 is 12.1 Å². The van der Waals surface area contributed by atoms with Crippen LogP contribution in [0.1, 0.15) is 74.9 Å². The van der Waals surface area contributed by atoms with Gasteiger partial charge < -0.3 is 19.4 Å². The topological polar surface area (TPSA) is 57.5 Å². The smallest absolute Gasteiger partial charge is 0.471 e. The highest BCUT2D eigenvalue weighted by Gasteiger charge is 2.67. The first-order valence-corrected chi connectivity index (χ1v) is 16.9. The number of benzene rings is 2. The molecule has 1 aliphatic carbocycles. The summed E-state index contributed by atoms with van der Waals surface area (Å²) in [6, 6.07) is 11.1.